The van der Waals surface area contributed by atoms with Crippen LogP contribution in [0.15, 0.2) is 12.1 Å². The predicted octanol–water partition coefficient (Wildman–Crippen LogP) is 3.65. The molecule has 18 heavy (non-hydrogen) atoms. The van der Waals surface area contributed by atoms with Crippen LogP contribution in [0.2, 0.25) is 15.1 Å². The number of rotatable bonds is 8. The predicted molar refractivity (Wildman–Crippen MR) is 76.3 cm³/mol. The summed E-state index contributed by atoms with van der Waals surface area (Å²) in [7, 11) is 1.68. The van der Waals surface area contributed by atoms with Crippen LogP contribution < -0.4 is 10.1 Å². The molecule has 1 aromatic carbocycles. The number of ether oxygens (including phenoxy) is 2. The second-order valence-electron chi connectivity index (χ2n) is 3.64. The smallest absolute Gasteiger partial charge is 0.139 e. The molecular formula is C12H16Cl3NO2. The molecule has 0 aliphatic heterocycles. The van der Waals surface area contributed by atoms with Gasteiger partial charge in [0.05, 0.1) is 28.3 Å². The van der Waals surface area contributed by atoms with Gasteiger partial charge in [-0.05, 0) is 19.0 Å². The largest absolute Gasteiger partial charge is 0.492 e. The molecule has 102 valence electrons. The van der Waals surface area contributed by atoms with Gasteiger partial charge < -0.3 is 14.8 Å². The van der Waals surface area contributed by atoms with Crippen LogP contribution in [0.4, 0.5) is 0 Å². The molecule has 0 aliphatic rings. The fourth-order valence-electron chi connectivity index (χ4n) is 1.29. The van der Waals surface area contributed by atoms with Gasteiger partial charge in [-0.15, -0.1) is 0 Å². The van der Waals surface area contributed by atoms with Gasteiger partial charge in [0.15, 0.2) is 0 Å². The van der Waals surface area contributed by atoms with E-state index in [1.807, 2.05) is 0 Å². The molecule has 0 aliphatic carbocycles. The minimum Gasteiger partial charge on any atom is -0.492 e. The molecule has 1 N–H and O–H groups in total. The lowest BCUT2D eigenvalue weighted by atomic mass is 10.3. The third-order valence-electron chi connectivity index (χ3n) is 2.21. The van der Waals surface area contributed by atoms with Crippen LogP contribution in [0, 0.1) is 0 Å². The van der Waals surface area contributed by atoms with Gasteiger partial charge in [0.2, 0.25) is 0 Å². The summed E-state index contributed by atoms with van der Waals surface area (Å²) in [5.74, 6) is 0.558. The van der Waals surface area contributed by atoms with Crippen molar-refractivity contribution in [3.8, 4) is 5.75 Å². The zero-order valence-corrected chi connectivity index (χ0v) is 12.4. The van der Waals surface area contributed by atoms with Crippen LogP contribution in [-0.4, -0.2) is 33.4 Å². The summed E-state index contributed by atoms with van der Waals surface area (Å²) in [6, 6.07) is 3.21. The Kier molecular flexibility index (Phi) is 7.79. The topological polar surface area (TPSA) is 30.5 Å². The Bertz CT molecular complexity index is 375. The molecule has 0 radical (unpaired) electrons. The highest BCUT2D eigenvalue weighted by Crippen LogP contribution is 2.33. The molecule has 0 aromatic heterocycles. The van der Waals surface area contributed by atoms with E-state index in [1.165, 1.54) is 0 Å². The number of hydrogen-bond donors (Lipinski definition) is 1. The standard InChI is InChI=1S/C12H16Cl3NO2/c1-17-6-4-16-3-2-5-18-12-8-10(14)9(13)7-11(12)15/h7-8,16H,2-6H2,1H3. The molecule has 6 heteroatoms. The Morgan fingerprint density at radius 1 is 1.00 bits per heavy atom. The third kappa shape index (κ3) is 5.63. The van der Waals surface area contributed by atoms with Crippen molar-refractivity contribution < 1.29 is 9.47 Å². The molecule has 0 unspecified atom stereocenters. The van der Waals surface area contributed by atoms with Gasteiger partial charge in [0, 0.05) is 19.7 Å². The molecule has 0 atom stereocenters. The van der Waals surface area contributed by atoms with Crippen molar-refractivity contribution in [1.29, 1.82) is 0 Å². The van der Waals surface area contributed by atoms with Gasteiger partial charge >= 0.3 is 0 Å². The molecule has 1 aromatic rings. The van der Waals surface area contributed by atoms with E-state index in [1.54, 1.807) is 19.2 Å². The van der Waals surface area contributed by atoms with Crippen LogP contribution >= 0.6 is 34.8 Å². The van der Waals surface area contributed by atoms with Gasteiger partial charge in [-0.3, -0.25) is 0 Å². The van der Waals surface area contributed by atoms with E-state index in [0.29, 0.717) is 34.0 Å². The van der Waals surface area contributed by atoms with Crippen LogP contribution in [0.3, 0.4) is 0 Å². The van der Waals surface area contributed by atoms with Crippen molar-refractivity contribution in [3.05, 3.63) is 27.2 Å². The minimum absolute atomic E-state index is 0.426. The summed E-state index contributed by atoms with van der Waals surface area (Å²) in [6.07, 6.45) is 0.875. The Balaban J connectivity index is 2.25. The van der Waals surface area contributed by atoms with Crippen molar-refractivity contribution >= 4 is 34.8 Å². The van der Waals surface area contributed by atoms with E-state index in [9.17, 15) is 0 Å². The fraction of sp³-hybridized carbons (Fsp3) is 0.500. The number of hydrogen-bond acceptors (Lipinski definition) is 3. The lowest BCUT2D eigenvalue weighted by molar-refractivity contribution is 0.198. The van der Waals surface area contributed by atoms with Gasteiger partial charge in [0.1, 0.15) is 5.75 Å². The highest BCUT2D eigenvalue weighted by atomic mass is 35.5. The first-order valence-electron chi connectivity index (χ1n) is 5.62. The molecule has 0 saturated carbocycles. The number of nitrogens with one attached hydrogen (secondary N) is 1. The maximum absolute atomic E-state index is 5.98. The molecule has 0 heterocycles. The maximum atomic E-state index is 5.98. The molecule has 0 saturated heterocycles. The van der Waals surface area contributed by atoms with E-state index >= 15 is 0 Å². The van der Waals surface area contributed by atoms with Gasteiger partial charge in [-0.1, -0.05) is 34.8 Å². The molecule has 0 spiro atoms. The molecule has 3 nitrogen and oxygen atoms in total. The first kappa shape index (κ1) is 15.9. The Morgan fingerprint density at radius 3 is 2.44 bits per heavy atom. The third-order valence-corrected chi connectivity index (χ3v) is 3.23. The van der Waals surface area contributed by atoms with Crippen molar-refractivity contribution in [1.82, 2.24) is 5.32 Å². The summed E-state index contributed by atoms with van der Waals surface area (Å²) in [6.45, 7) is 2.98. The summed E-state index contributed by atoms with van der Waals surface area (Å²) in [4.78, 5) is 0. The summed E-state index contributed by atoms with van der Waals surface area (Å²) < 4.78 is 10.5. The fourth-order valence-corrected chi connectivity index (χ4v) is 1.88. The average molecular weight is 313 g/mol. The zero-order chi connectivity index (χ0) is 13.4. The van der Waals surface area contributed by atoms with Crippen molar-refractivity contribution in [2.75, 3.05) is 33.4 Å². The number of methoxy groups -OCH3 is 1. The lowest BCUT2D eigenvalue weighted by Crippen LogP contribution is -2.21. The first-order chi connectivity index (χ1) is 8.65. The normalized spacial score (nSPS) is 10.7. The van der Waals surface area contributed by atoms with Crippen LogP contribution in [0.25, 0.3) is 0 Å². The highest BCUT2D eigenvalue weighted by molar-refractivity contribution is 6.43. The monoisotopic (exact) mass is 311 g/mol. The van der Waals surface area contributed by atoms with Crippen molar-refractivity contribution in [3.63, 3.8) is 0 Å². The molecule has 1 rings (SSSR count). The maximum Gasteiger partial charge on any atom is 0.139 e. The van der Waals surface area contributed by atoms with E-state index in [4.69, 9.17) is 44.3 Å². The molecule has 0 bridgehead atoms. The second-order valence-corrected chi connectivity index (χ2v) is 4.86. The van der Waals surface area contributed by atoms with E-state index in [-0.39, 0.29) is 0 Å². The Labute approximate surface area is 122 Å². The lowest BCUT2D eigenvalue weighted by Gasteiger charge is -2.09. The van der Waals surface area contributed by atoms with Crippen LogP contribution in [0.1, 0.15) is 6.42 Å². The van der Waals surface area contributed by atoms with Crippen molar-refractivity contribution in [2.24, 2.45) is 0 Å². The molecule has 0 amide bonds. The van der Waals surface area contributed by atoms with Gasteiger partial charge in [-0.2, -0.15) is 0 Å². The van der Waals surface area contributed by atoms with E-state index < -0.39 is 0 Å². The Hall–Kier alpha value is -0.190. The minimum atomic E-state index is 0.426. The van der Waals surface area contributed by atoms with Crippen molar-refractivity contribution in [2.45, 2.75) is 6.42 Å². The summed E-state index contributed by atoms with van der Waals surface area (Å²) >= 11 is 17.7. The average Bonchev–Trinajstić information content (AvgIpc) is 2.34. The number of halogens is 3. The summed E-state index contributed by atoms with van der Waals surface area (Å²) in [5, 5.41) is 4.56. The highest BCUT2D eigenvalue weighted by Gasteiger charge is 2.06. The van der Waals surface area contributed by atoms with Crippen LogP contribution in [-0.2, 0) is 4.74 Å². The zero-order valence-electron chi connectivity index (χ0n) is 10.1. The molecular weight excluding hydrogens is 296 g/mol. The van der Waals surface area contributed by atoms with E-state index in [0.717, 1.165) is 19.5 Å². The first-order valence-corrected chi connectivity index (χ1v) is 6.75. The number of benzene rings is 1. The second kappa shape index (κ2) is 8.83. The summed E-state index contributed by atoms with van der Waals surface area (Å²) in [5.41, 5.74) is 0. The SMILES string of the molecule is COCCNCCCOc1cc(Cl)c(Cl)cc1Cl. The quantitative estimate of drug-likeness (QED) is 0.587. The molecule has 0 fully saturated rings. The van der Waals surface area contributed by atoms with E-state index in [2.05, 4.69) is 5.32 Å². The van der Waals surface area contributed by atoms with Crippen LogP contribution in [0.5, 0.6) is 5.75 Å². The van der Waals surface area contributed by atoms with Gasteiger partial charge in [-0.25, -0.2) is 0 Å². The van der Waals surface area contributed by atoms with Gasteiger partial charge in [0.25, 0.3) is 0 Å². The Morgan fingerprint density at radius 2 is 1.72 bits per heavy atom.